The maximum absolute atomic E-state index is 13.6. The zero-order chi connectivity index (χ0) is 14.0. The highest BCUT2D eigenvalue weighted by molar-refractivity contribution is 7.92. The smallest absolute Gasteiger partial charge is 0.265 e. The monoisotopic (exact) mass is 300 g/mol. The van der Waals surface area contributed by atoms with Gasteiger partial charge in [0.15, 0.2) is 0 Å². The summed E-state index contributed by atoms with van der Waals surface area (Å²) in [5, 5.41) is 0.0245. The van der Waals surface area contributed by atoms with E-state index in [4.69, 9.17) is 11.6 Å². The number of para-hydroxylation sites is 1. The Morgan fingerprint density at radius 1 is 1.32 bits per heavy atom. The predicted molar refractivity (Wildman–Crippen MR) is 71.2 cm³/mol. The topological polar surface area (TPSA) is 59.1 Å². The summed E-state index contributed by atoms with van der Waals surface area (Å²) in [6, 6.07) is 5.63. The van der Waals surface area contributed by atoms with Crippen LogP contribution in [0.25, 0.3) is 0 Å². The number of pyridine rings is 1. The van der Waals surface area contributed by atoms with Gasteiger partial charge >= 0.3 is 0 Å². The number of halogens is 2. The second-order valence-corrected chi connectivity index (χ2v) is 5.90. The van der Waals surface area contributed by atoms with Crippen LogP contribution in [0.3, 0.4) is 0 Å². The molecule has 0 aliphatic heterocycles. The van der Waals surface area contributed by atoms with Gasteiger partial charge in [-0.05, 0) is 24.6 Å². The van der Waals surface area contributed by atoms with E-state index in [1.807, 2.05) is 0 Å². The maximum atomic E-state index is 13.6. The molecule has 1 aromatic carbocycles. The van der Waals surface area contributed by atoms with Gasteiger partial charge in [-0.15, -0.1) is 0 Å². The quantitative estimate of drug-likeness (QED) is 0.948. The molecule has 2 rings (SSSR count). The molecule has 0 radical (unpaired) electrons. The molecule has 7 heteroatoms. The lowest BCUT2D eigenvalue weighted by molar-refractivity contribution is 0.598. The Balaban J connectivity index is 2.46. The first kappa shape index (κ1) is 13.8. The second kappa shape index (κ2) is 5.14. The van der Waals surface area contributed by atoms with Gasteiger partial charge in [0.25, 0.3) is 10.0 Å². The van der Waals surface area contributed by atoms with Gasteiger partial charge in [0, 0.05) is 12.4 Å². The van der Waals surface area contributed by atoms with Gasteiger partial charge in [-0.2, -0.15) is 0 Å². The van der Waals surface area contributed by atoms with Crippen molar-refractivity contribution in [3.63, 3.8) is 0 Å². The van der Waals surface area contributed by atoms with Gasteiger partial charge in [0.05, 0.1) is 10.7 Å². The van der Waals surface area contributed by atoms with Crippen molar-refractivity contribution in [2.24, 2.45) is 0 Å². The van der Waals surface area contributed by atoms with Crippen LogP contribution in [-0.4, -0.2) is 13.4 Å². The number of rotatable bonds is 3. The first-order valence-electron chi connectivity index (χ1n) is 5.29. The normalized spacial score (nSPS) is 11.3. The van der Waals surface area contributed by atoms with Crippen molar-refractivity contribution in [2.75, 3.05) is 4.72 Å². The van der Waals surface area contributed by atoms with Crippen LogP contribution in [0.15, 0.2) is 41.6 Å². The van der Waals surface area contributed by atoms with Crippen molar-refractivity contribution in [1.82, 2.24) is 4.98 Å². The first-order valence-corrected chi connectivity index (χ1v) is 7.15. The number of sulfonamides is 1. The summed E-state index contributed by atoms with van der Waals surface area (Å²) in [6.45, 7) is 1.60. The van der Waals surface area contributed by atoms with Crippen molar-refractivity contribution in [3.05, 3.63) is 53.1 Å². The molecule has 0 saturated carbocycles. The van der Waals surface area contributed by atoms with E-state index >= 15 is 0 Å². The molecule has 0 saturated heterocycles. The molecule has 100 valence electrons. The number of aryl methyl sites for hydroxylation is 1. The van der Waals surface area contributed by atoms with Crippen LogP contribution in [0.1, 0.15) is 5.56 Å². The Morgan fingerprint density at radius 3 is 2.68 bits per heavy atom. The summed E-state index contributed by atoms with van der Waals surface area (Å²) in [5.74, 6) is -0.649. The highest BCUT2D eigenvalue weighted by Crippen LogP contribution is 2.25. The number of aromatic nitrogens is 1. The third-order valence-corrected chi connectivity index (χ3v) is 4.30. The average Bonchev–Trinajstić information content (AvgIpc) is 2.34. The van der Waals surface area contributed by atoms with E-state index in [-0.39, 0.29) is 15.6 Å². The summed E-state index contributed by atoms with van der Waals surface area (Å²) < 4.78 is 40.1. The molecule has 0 aliphatic rings. The third kappa shape index (κ3) is 2.85. The fourth-order valence-corrected chi connectivity index (χ4v) is 3.08. The minimum Gasteiger partial charge on any atom is -0.276 e. The van der Waals surface area contributed by atoms with E-state index < -0.39 is 15.8 Å². The van der Waals surface area contributed by atoms with Gasteiger partial charge in [0.2, 0.25) is 0 Å². The number of benzene rings is 1. The maximum Gasteiger partial charge on any atom is 0.265 e. The minimum atomic E-state index is -3.97. The molecule has 0 unspecified atom stereocenters. The van der Waals surface area contributed by atoms with Crippen molar-refractivity contribution in [2.45, 2.75) is 11.8 Å². The van der Waals surface area contributed by atoms with Crippen LogP contribution >= 0.6 is 11.6 Å². The largest absolute Gasteiger partial charge is 0.276 e. The van der Waals surface area contributed by atoms with E-state index in [0.717, 1.165) is 6.20 Å². The van der Waals surface area contributed by atoms with Gasteiger partial charge < -0.3 is 0 Å². The Kier molecular flexibility index (Phi) is 3.73. The molecule has 0 spiro atoms. The van der Waals surface area contributed by atoms with E-state index in [0.29, 0.717) is 5.56 Å². The van der Waals surface area contributed by atoms with E-state index in [9.17, 15) is 12.8 Å². The average molecular weight is 301 g/mol. The first-order chi connectivity index (χ1) is 8.92. The Hall–Kier alpha value is -1.66. The zero-order valence-corrected chi connectivity index (χ0v) is 11.5. The summed E-state index contributed by atoms with van der Waals surface area (Å²) >= 11 is 5.80. The SMILES string of the molecule is Cc1cccc(F)c1NS(=O)(=O)c1cnccc1Cl. The Bertz CT molecular complexity index is 699. The molecular weight excluding hydrogens is 291 g/mol. The minimum absolute atomic E-state index is 0.0245. The molecule has 0 bridgehead atoms. The molecule has 1 N–H and O–H groups in total. The Labute approximate surface area is 115 Å². The number of nitrogens with zero attached hydrogens (tertiary/aromatic N) is 1. The molecule has 0 amide bonds. The van der Waals surface area contributed by atoms with Crippen molar-refractivity contribution < 1.29 is 12.8 Å². The fraction of sp³-hybridized carbons (Fsp3) is 0.0833. The predicted octanol–water partition coefficient (Wildman–Crippen LogP) is 2.98. The molecular formula is C12H10ClFN2O2S. The highest BCUT2D eigenvalue weighted by atomic mass is 35.5. The van der Waals surface area contributed by atoms with Crippen LogP contribution in [-0.2, 0) is 10.0 Å². The second-order valence-electron chi connectivity index (χ2n) is 3.84. The van der Waals surface area contributed by atoms with Crippen molar-refractivity contribution >= 4 is 27.3 Å². The van der Waals surface area contributed by atoms with Crippen molar-refractivity contribution in [3.8, 4) is 0 Å². The summed E-state index contributed by atoms with van der Waals surface area (Å²) in [5.41, 5.74) is 0.381. The lowest BCUT2D eigenvalue weighted by Crippen LogP contribution is -2.15. The molecule has 0 aliphatic carbocycles. The van der Waals surface area contributed by atoms with Crippen LogP contribution in [0.4, 0.5) is 10.1 Å². The van der Waals surface area contributed by atoms with E-state index in [1.165, 1.54) is 24.4 Å². The number of nitrogens with one attached hydrogen (secondary N) is 1. The molecule has 19 heavy (non-hydrogen) atoms. The van der Waals surface area contributed by atoms with Gasteiger partial charge in [-0.3, -0.25) is 9.71 Å². The standard InChI is InChI=1S/C12H10ClFN2O2S/c1-8-3-2-4-10(14)12(8)16-19(17,18)11-7-15-6-5-9(11)13/h2-7,16H,1H3. The van der Waals surface area contributed by atoms with E-state index in [2.05, 4.69) is 9.71 Å². The van der Waals surface area contributed by atoms with Crippen LogP contribution in [0.2, 0.25) is 5.02 Å². The highest BCUT2D eigenvalue weighted by Gasteiger charge is 2.20. The van der Waals surface area contributed by atoms with Crippen LogP contribution in [0, 0.1) is 12.7 Å². The molecule has 1 heterocycles. The molecule has 0 atom stereocenters. The summed E-state index contributed by atoms with van der Waals surface area (Å²) in [7, 11) is -3.97. The summed E-state index contributed by atoms with van der Waals surface area (Å²) in [4.78, 5) is 3.51. The summed E-state index contributed by atoms with van der Waals surface area (Å²) in [6.07, 6.45) is 2.48. The van der Waals surface area contributed by atoms with Gasteiger partial charge in [-0.1, -0.05) is 23.7 Å². The lowest BCUT2D eigenvalue weighted by atomic mass is 10.2. The van der Waals surface area contributed by atoms with Crippen LogP contribution in [0.5, 0.6) is 0 Å². The van der Waals surface area contributed by atoms with Crippen molar-refractivity contribution in [1.29, 1.82) is 0 Å². The number of hydrogen-bond acceptors (Lipinski definition) is 3. The fourth-order valence-electron chi connectivity index (χ4n) is 1.51. The molecule has 2 aromatic rings. The van der Waals surface area contributed by atoms with E-state index in [1.54, 1.807) is 13.0 Å². The number of hydrogen-bond donors (Lipinski definition) is 1. The molecule has 4 nitrogen and oxygen atoms in total. The third-order valence-electron chi connectivity index (χ3n) is 2.48. The van der Waals surface area contributed by atoms with Crippen LogP contribution < -0.4 is 4.72 Å². The zero-order valence-electron chi connectivity index (χ0n) is 9.89. The lowest BCUT2D eigenvalue weighted by Gasteiger charge is -2.11. The molecule has 1 aromatic heterocycles. The number of anilines is 1. The Morgan fingerprint density at radius 2 is 2.05 bits per heavy atom. The van der Waals surface area contributed by atoms with Gasteiger partial charge in [-0.25, -0.2) is 12.8 Å². The van der Waals surface area contributed by atoms with Gasteiger partial charge in [0.1, 0.15) is 10.7 Å². The molecule has 0 fully saturated rings.